The molecule has 21 heavy (non-hydrogen) atoms. The number of nitrogens with zero attached hydrogens (tertiary/aromatic N) is 2. The standard InChI is InChI=1S/C17H21N3O/c1-10-5-6-11(2)15(7-10)20-16(9-13(4)19-20)18-17(21)14-8-12(14)3/h5-7,9,12,14H,8H2,1-4H3,(H,18,21). The van der Waals surface area contributed by atoms with E-state index in [0.717, 1.165) is 29.2 Å². The maximum Gasteiger partial charge on any atom is 0.228 e. The molecule has 1 aromatic heterocycles. The lowest BCUT2D eigenvalue weighted by Gasteiger charge is -2.12. The summed E-state index contributed by atoms with van der Waals surface area (Å²) in [6.07, 6.45) is 0.989. The molecule has 1 aromatic carbocycles. The molecule has 3 rings (SSSR count). The molecule has 4 nitrogen and oxygen atoms in total. The highest BCUT2D eigenvalue weighted by molar-refractivity contribution is 5.94. The zero-order valence-electron chi connectivity index (χ0n) is 13.0. The van der Waals surface area contributed by atoms with E-state index in [1.54, 1.807) is 0 Å². The highest BCUT2D eigenvalue weighted by Crippen LogP contribution is 2.38. The molecule has 1 amide bonds. The minimum Gasteiger partial charge on any atom is -0.310 e. The molecule has 1 saturated carbocycles. The van der Waals surface area contributed by atoms with E-state index in [2.05, 4.69) is 49.4 Å². The summed E-state index contributed by atoms with van der Waals surface area (Å²) in [5, 5.41) is 7.57. The first-order valence-corrected chi connectivity index (χ1v) is 7.41. The molecule has 0 radical (unpaired) electrons. The number of anilines is 1. The Morgan fingerprint density at radius 3 is 2.67 bits per heavy atom. The van der Waals surface area contributed by atoms with Gasteiger partial charge in [-0.1, -0.05) is 19.1 Å². The van der Waals surface area contributed by atoms with Gasteiger partial charge in [0.1, 0.15) is 5.82 Å². The first-order valence-electron chi connectivity index (χ1n) is 7.41. The van der Waals surface area contributed by atoms with E-state index < -0.39 is 0 Å². The van der Waals surface area contributed by atoms with Crippen LogP contribution in [0.15, 0.2) is 24.3 Å². The minimum absolute atomic E-state index is 0.106. The normalized spacial score (nSPS) is 20.4. The lowest BCUT2D eigenvalue weighted by molar-refractivity contribution is -0.117. The second-order valence-electron chi connectivity index (χ2n) is 6.18. The lowest BCUT2D eigenvalue weighted by Crippen LogP contribution is -2.17. The van der Waals surface area contributed by atoms with Crippen molar-refractivity contribution >= 4 is 11.7 Å². The molecule has 0 aliphatic heterocycles. The first kappa shape index (κ1) is 13.9. The van der Waals surface area contributed by atoms with Crippen molar-refractivity contribution in [2.24, 2.45) is 11.8 Å². The Morgan fingerprint density at radius 2 is 2.00 bits per heavy atom. The molecule has 4 heteroatoms. The van der Waals surface area contributed by atoms with Gasteiger partial charge in [0.25, 0.3) is 0 Å². The van der Waals surface area contributed by atoms with Crippen LogP contribution in [0.2, 0.25) is 0 Å². The zero-order chi connectivity index (χ0) is 15.1. The lowest BCUT2D eigenvalue weighted by atomic mass is 10.1. The van der Waals surface area contributed by atoms with Crippen molar-refractivity contribution in [1.29, 1.82) is 0 Å². The Bertz CT molecular complexity index is 702. The van der Waals surface area contributed by atoms with Crippen LogP contribution >= 0.6 is 0 Å². The average molecular weight is 283 g/mol. The predicted octanol–water partition coefficient (Wildman–Crippen LogP) is 3.39. The molecular formula is C17H21N3O. The quantitative estimate of drug-likeness (QED) is 0.938. The summed E-state index contributed by atoms with van der Waals surface area (Å²) in [5.41, 5.74) is 4.23. The monoisotopic (exact) mass is 283 g/mol. The van der Waals surface area contributed by atoms with Crippen LogP contribution in [-0.2, 0) is 4.79 Å². The van der Waals surface area contributed by atoms with Crippen molar-refractivity contribution < 1.29 is 4.79 Å². The number of aryl methyl sites for hydroxylation is 3. The second kappa shape index (κ2) is 5.02. The highest BCUT2D eigenvalue weighted by Gasteiger charge is 2.39. The third-order valence-corrected chi connectivity index (χ3v) is 4.12. The fourth-order valence-electron chi connectivity index (χ4n) is 2.63. The van der Waals surface area contributed by atoms with Crippen molar-refractivity contribution in [1.82, 2.24) is 9.78 Å². The molecule has 2 atom stereocenters. The smallest absolute Gasteiger partial charge is 0.228 e. The summed E-state index contributed by atoms with van der Waals surface area (Å²) < 4.78 is 1.84. The van der Waals surface area contributed by atoms with Gasteiger partial charge in [-0.25, -0.2) is 4.68 Å². The van der Waals surface area contributed by atoms with Crippen LogP contribution in [0.3, 0.4) is 0 Å². The number of nitrogens with one attached hydrogen (secondary N) is 1. The summed E-state index contributed by atoms with van der Waals surface area (Å²) in [7, 11) is 0. The average Bonchev–Trinajstić information content (AvgIpc) is 3.05. The number of aromatic nitrogens is 2. The molecular weight excluding hydrogens is 262 g/mol. The molecule has 1 N–H and O–H groups in total. The van der Waals surface area contributed by atoms with Crippen LogP contribution < -0.4 is 5.32 Å². The van der Waals surface area contributed by atoms with Crippen LogP contribution in [0, 0.1) is 32.6 Å². The Hall–Kier alpha value is -2.10. The summed E-state index contributed by atoms with van der Waals surface area (Å²) in [5.74, 6) is 1.52. The number of rotatable bonds is 3. The van der Waals surface area contributed by atoms with Gasteiger partial charge < -0.3 is 5.32 Å². The number of benzene rings is 1. The summed E-state index contributed by atoms with van der Waals surface area (Å²) in [4.78, 5) is 12.2. The maximum absolute atomic E-state index is 12.2. The number of hydrogen-bond donors (Lipinski definition) is 1. The molecule has 110 valence electrons. The second-order valence-corrected chi connectivity index (χ2v) is 6.18. The van der Waals surface area contributed by atoms with Crippen molar-refractivity contribution in [3.8, 4) is 5.69 Å². The molecule has 1 heterocycles. The predicted molar refractivity (Wildman–Crippen MR) is 83.7 cm³/mol. The van der Waals surface area contributed by atoms with E-state index in [0.29, 0.717) is 5.92 Å². The van der Waals surface area contributed by atoms with Gasteiger partial charge >= 0.3 is 0 Å². The van der Waals surface area contributed by atoms with Crippen LogP contribution in [-0.4, -0.2) is 15.7 Å². The Kier molecular flexibility index (Phi) is 3.32. The van der Waals surface area contributed by atoms with Gasteiger partial charge in [0.05, 0.1) is 11.4 Å². The Morgan fingerprint density at radius 1 is 1.29 bits per heavy atom. The van der Waals surface area contributed by atoms with E-state index in [-0.39, 0.29) is 11.8 Å². The van der Waals surface area contributed by atoms with Gasteiger partial charge in [-0.3, -0.25) is 4.79 Å². The molecule has 2 aromatic rings. The minimum atomic E-state index is 0.106. The maximum atomic E-state index is 12.2. The van der Waals surface area contributed by atoms with E-state index in [4.69, 9.17) is 0 Å². The molecule has 1 fully saturated rings. The molecule has 2 unspecified atom stereocenters. The Labute approximate surface area is 125 Å². The SMILES string of the molecule is Cc1ccc(C)c(-n2nc(C)cc2NC(=O)C2CC2C)c1. The van der Waals surface area contributed by atoms with Gasteiger partial charge in [-0.2, -0.15) is 5.10 Å². The van der Waals surface area contributed by atoms with Gasteiger partial charge in [-0.05, 0) is 50.3 Å². The van der Waals surface area contributed by atoms with Gasteiger partial charge in [0, 0.05) is 12.0 Å². The summed E-state index contributed by atoms with van der Waals surface area (Å²) in [6.45, 7) is 8.16. The fourth-order valence-corrected chi connectivity index (χ4v) is 2.63. The first-order chi connectivity index (χ1) is 9.95. The topological polar surface area (TPSA) is 46.9 Å². The molecule has 0 bridgehead atoms. The summed E-state index contributed by atoms with van der Waals surface area (Å²) >= 11 is 0. The largest absolute Gasteiger partial charge is 0.310 e. The number of hydrogen-bond acceptors (Lipinski definition) is 2. The molecule has 1 aliphatic carbocycles. The van der Waals surface area contributed by atoms with Gasteiger partial charge in [0.15, 0.2) is 0 Å². The van der Waals surface area contributed by atoms with Crippen molar-refractivity contribution in [3.05, 3.63) is 41.1 Å². The van der Waals surface area contributed by atoms with Crippen LogP contribution in [0.5, 0.6) is 0 Å². The van der Waals surface area contributed by atoms with Crippen molar-refractivity contribution in [2.75, 3.05) is 5.32 Å². The molecule has 0 spiro atoms. The van der Waals surface area contributed by atoms with E-state index in [1.807, 2.05) is 17.7 Å². The van der Waals surface area contributed by atoms with E-state index in [9.17, 15) is 4.79 Å². The van der Waals surface area contributed by atoms with Gasteiger partial charge in [-0.15, -0.1) is 0 Å². The third-order valence-electron chi connectivity index (χ3n) is 4.12. The highest BCUT2D eigenvalue weighted by atomic mass is 16.2. The number of amides is 1. The van der Waals surface area contributed by atoms with Gasteiger partial charge in [0.2, 0.25) is 5.91 Å². The number of carbonyl (C=O) groups excluding carboxylic acids is 1. The van der Waals surface area contributed by atoms with Crippen molar-refractivity contribution in [2.45, 2.75) is 34.1 Å². The molecule has 1 aliphatic rings. The van der Waals surface area contributed by atoms with E-state index >= 15 is 0 Å². The van der Waals surface area contributed by atoms with Crippen LogP contribution in [0.25, 0.3) is 5.69 Å². The third kappa shape index (κ3) is 2.71. The van der Waals surface area contributed by atoms with Crippen LogP contribution in [0.1, 0.15) is 30.2 Å². The Balaban J connectivity index is 1.95. The number of carbonyl (C=O) groups is 1. The molecule has 0 saturated heterocycles. The van der Waals surface area contributed by atoms with Crippen molar-refractivity contribution in [3.63, 3.8) is 0 Å². The zero-order valence-corrected chi connectivity index (χ0v) is 13.0. The fraction of sp³-hybridized carbons (Fsp3) is 0.412. The van der Waals surface area contributed by atoms with E-state index in [1.165, 1.54) is 5.56 Å². The van der Waals surface area contributed by atoms with Crippen LogP contribution in [0.4, 0.5) is 5.82 Å². The summed E-state index contributed by atoms with van der Waals surface area (Å²) in [6, 6.07) is 8.18.